The molecule has 4 nitrogen and oxygen atoms in total. The van der Waals surface area contributed by atoms with Crippen LogP contribution >= 0.6 is 15.9 Å². The fourth-order valence-corrected chi connectivity index (χ4v) is 4.03. The first-order valence-corrected chi connectivity index (χ1v) is 8.61. The fourth-order valence-electron chi connectivity index (χ4n) is 3.62. The van der Waals surface area contributed by atoms with Gasteiger partial charge in [0.2, 0.25) is 5.91 Å². The number of rotatable bonds is 3. The molecule has 1 aliphatic carbocycles. The molecule has 1 heterocycles. The number of nitrogens with zero attached hydrogens (tertiary/aromatic N) is 1. The number of nitrogens with two attached hydrogens (primary N) is 1. The summed E-state index contributed by atoms with van der Waals surface area (Å²) >= 11 is 3.48. The first kappa shape index (κ1) is 16.0. The molecule has 2 unspecified atom stereocenters. The minimum atomic E-state index is -0.846. The SMILES string of the molecule is CCOC1CC(N)(C(=O)N2CCc3cc(Br)ccc32)C1(C)C. The highest BCUT2D eigenvalue weighted by Gasteiger charge is 2.64. The van der Waals surface area contributed by atoms with E-state index in [2.05, 4.69) is 22.0 Å². The van der Waals surface area contributed by atoms with Crippen molar-refractivity contribution >= 4 is 27.5 Å². The lowest BCUT2D eigenvalue weighted by atomic mass is 9.54. The summed E-state index contributed by atoms with van der Waals surface area (Å²) in [5.74, 6) is 0.0227. The Bertz CT molecular complexity index is 617. The third-order valence-electron chi connectivity index (χ3n) is 5.39. The molecule has 0 bridgehead atoms. The Morgan fingerprint density at radius 3 is 2.86 bits per heavy atom. The van der Waals surface area contributed by atoms with Crippen molar-refractivity contribution in [3.05, 3.63) is 28.2 Å². The maximum absolute atomic E-state index is 13.1. The number of anilines is 1. The maximum Gasteiger partial charge on any atom is 0.247 e. The van der Waals surface area contributed by atoms with Crippen LogP contribution in [0.4, 0.5) is 5.69 Å². The molecule has 2 N–H and O–H groups in total. The van der Waals surface area contributed by atoms with E-state index in [9.17, 15) is 4.79 Å². The van der Waals surface area contributed by atoms with Crippen LogP contribution in [-0.4, -0.2) is 30.7 Å². The average Bonchev–Trinajstić information content (AvgIpc) is 2.88. The van der Waals surface area contributed by atoms with Crippen molar-refractivity contribution in [1.29, 1.82) is 0 Å². The zero-order valence-corrected chi connectivity index (χ0v) is 14.9. The van der Waals surface area contributed by atoms with Crippen LogP contribution in [0.2, 0.25) is 0 Å². The first-order chi connectivity index (χ1) is 10.3. The van der Waals surface area contributed by atoms with Crippen molar-refractivity contribution in [3.63, 3.8) is 0 Å². The molecular formula is C17H23BrN2O2. The number of hydrogen-bond donors (Lipinski definition) is 1. The number of carbonyl (C=O) groups excluding carboxylic acids is 1. The van der Waals surface area contributed by atoms with E-state index in [1.54, 1.807) is 0 Å². The third kappa shape index (κ3) is 2.14. The van der Waals surface area contributed by atoms with Crippen LogP contribution in [0.25, 0.3) is 0 Å². The predicted molar refractivity (Wildman–Crippen MR) is 90.9 cm³/mol. The van der Waals surface area contributed by atoms with Crippen molar-refractivity contribution < 1.29 is 9.53 Å². The standard InChI is InChI=1S/C17H23BrN2O2/c1-4-22-14-10-17(19,16(14,2)3)15(21)20-8-7-11-9-12(18)5-6-13(11)20/h5-6,9,14H,4,7-8,10,19H2,1-3H3. The first-order valence-electron chi connectivity index (χ1n) is 7.82. The van der Waals surface area contributed by atoms with Gasteiger partial charge >= 0.3 is 0 Å². The van der Waals surface area contributed by atoms with Gasteiger partial charge in [-0.1, -0.05) is 29.8 Å². The number of ether oxygens (including phenoxy) is 1. The monoisotopic (exact) mass is 366 g/mol. The number of amides is 1. The topological polar surface area (TPSA) is 55.6 Å². The molecule has 1 aromatic carbocycles. The fraction of sp³-hybridized carbons (Fsp3) is 0.588. The number of benzene rings is 1. The lowest BCUT2D eigenvalue weighted by Crippen LogP contribution is -2.76. The molecule has 0 radical (unpaired) electrons. The summed E-state index contributed by atoms with van der Waals surface area (Å²) in [6, 6.07) is 6.06. The normalized spacial score (nSPS) is 29.1. The van der Waals surface area contributed by atoms with Crippen LogP contribution in [0.3, 0.4) is 0 Å². The van der Waals surface area contributed by atoms with Crippen LogP contribution in [0.1, 0.15) is 32.8 Å². The van der Waals surface area contributed by atoms with E-state index in [-0.39, 0.29) is 17.4 Å². The van der Waals surface area contributed by atoms with Gasteiger partial charge in [-0.3, -0.25) is 4.79 Å². The number of halogens is 1. The third-order valence-corrected chi connectivity index (χ3v) is 5.89. The molecule has 22 heavy (non-hydrogen) atoms. The van der Waals surface area contributed by atoms with Crippen LogP contribution < -0.4 is 10.6 Å². The Balaban J connectivity index is 1.85. The van der Waals surface area contributed by atoms with Crippen molar-refractivity contribution in [3.8, 4) is 0 Å². The second-order valence-corrected chi connectivity index (χ2v) is 7.74. The van der Waals surface area contributed by atoms with E-state index in [4.69, 9.17) is 10.5 Å². The number of carbonyl (C=O) groups is 1. The largest absolute Gasteiger partial charge is 0.378 e. The second kappa shape index (κ2) is 5.32. The lowest BCUT2D eigenvalue weighted by Gasteiger charge is -2.58. The van der Waals surface area contributed by atoms with Gasteiger partial charge in [0.05, 0.1) is 6.10 Å². The van der Waals surface area contributed by atoms with E-state index < -0.39 is 5.54 Å². The van der Waals surface area contributed by atoms with Gasteiger partial charge in [-0.15, -0.1) is 0 Å². The highest BCUT2D eigenvalue weighted by atomic mass is 79.9. The van der Waals surface area contributed by atoms with Crippen LogP contribution in [-0.2, 0) is 16.0 Å². The van der Waals surface area contributed by atoms with Crippen LogP contribution in [0, 0.1) is 5.41 Å². The van der Waals surface area contributed by atoms with Crippen LogP contribution in [0.15, 0.2) is 22.7 Å². The van der Waals surface area contributed by atoms with Gasteiger partial charge in [0, 0.05) is 35.1 Å². The molecule has 3 rings (SSSR count). The Labute approximate surface area is 140 Å². The van der Waals surface area contributed by atoms with Gasteiger partial charge in [0.25, 0.3) is 0 Å². The van der Waals surface area contributed by atoms with E-state index >= 15 is 0 Å². The van der Waals surface area contributed by atoms with Gasteiger partial charge in [-0.05, 0) is 37.1 Å². The van der Waals surface area contributed by atoms with Gasteiger partial charge in [0.1, 0.15) is 5.54 Å². The molecule has 1 fully saturated rings. The van der Waals surface area contributed by atoms with Gasteiger partial charge in [0.15, 0.2) is 0 Å². The summed E-state index contributed by atoms with van der Waals surface area (Å²) in [6.07, 6.45) is 1.53. The summed E-state index contributed by atoms with van der Waals surface area (Å²) in [5, 5.41) is 0. The molecule has 0 spiro atoms. The molecule has 1 aromatic rings. The maximum atomic E-state index is 13.1. The molecule has 1 saturated carbocycles. The van der Waals surface area contributed by atoms with Gasteiger partial charge in [-0.25, -0.2) is 0 Å². The van der Waals surface area contributed by atoms with Crippen molar-refractivity contribution in [1.82, 2.24) is 0 Å². The summed E-state index contributed by atoms with van der Waals surface area (Å²) in [5.41, 5.74) is 7.53. The Hall–Kier alpha value is -0.910. The van der Waals surface area contributed by atoms with Crippen molar-refractivity contribution in [2.75, 3.05) is 18.1 Å². The molecule has 120 valence electrons. The minimum Gasteiger partial charge on any atom is -0.378 e. The summed E-state index contributed by atoms with van der Waals surface area (Å²) < 4.78 is 6.77. The molecule has 0 aromatic heterocycles. The van der Waals surface area contributed by atoms with E-state index in [1.165, 1.54) is 5.56 Å². The highest BCUT2D eigenvalue weighted by molar-refractivity contribution is 9.10. The molecule has 1 amide bonds. The van der Waals surface area contributed by atoms with E-state index in [0.717, 1.165) is 16.6 Å². The minimum absolute atomic E-state index is 0.0227. The molecule has 5 heteroatoms. The van der Waals surface area contributed by atoms with Gasteiger partial charge < -0.3 is 15.4 Å². The number of fused-ring (bicyclic) bond motifs is 1. The molecule has 1 aliphatic heterocycles. The van der Waals surface area contributed by atoms with Crippen molar-refractivity contribution in [2.45, 2.75) is 45.3 Å². The highest BCUT2D eigenvalue weighted by Crippen LogP contribution is 2.51. The molecule has 2 aliphatic rings. The quantitative estimate of drug-likeness (QED) is 0.894. The second-order valence-electron chi connectivity index (χ2n) is 6.82. The van der Waals surface area contributed by atoms with Crippen molar-refractivity contribution in [2.24, 2.45) is 11.1 Å². The summed E-state index contributed by atoms with van der Waals surface area (Å²) in [4.78, 5) is 14.9. The van der Waals surface area contributed by atoms with Crippen LogP contribution in [0.5, 0.6) is 0 Å². The Kier molecular flexibility index (Phi) is 3.86. The van der Waals surface area contributed by atoms with Gasteiger partial charge in [-0.2, -0.15) is 0 Å². The zero-order chi connectivity index (χ0) is 16.1. The molecular weight excluding hydrogens is 344 g/mol. The predicted octanol–water partition coefficient (Wildman–Crippen LogP) is 2.87. The average molecular weight is 367 g/mol. The summed E-state index contributed by atoms with van der Waals surface area (Å²) in [6.45, 7) is 7.40. The molecule has 0 saturated heterocycles. The smallest absolute Gasteiger partial charge is 0.247 e. The lowest BCUT2D eigenvalue weighted by molar-refractivity contribution is -0.168. The van der Waals surface area contributed by atoms with E-state index in [1.807, 2.05) is 37.8 Å². The Morgan fingerprint density at radius 2 is 2.23 bits per heavy atom. The molecule has 2 atom stereocenters. The zero-order valence-electron chi connectivity index (χ0n) is 13.4. The Morgan fingerprint density at radius 1 is 1.50 bits per heavy atom. The van der Waals surface area contributed by atoms with E-state index in [0.29, 0.717) is 19.6 Å². The number of hydrogen-bond acceptors (Lipinski definition) is 3. The summed E-state index contributed by atoms with van der Waals surface area (Å²) in [7, 11) is 0.